The maximum Gasteiger partial charge on any atom is 0.175 e. The molecule has 0 amide bonds. The van der Waals surface area contributed by atoms with E-state index in [4.69, 9.17) is 9.47 Å². The summed E-state index contributed by atoms with van der Waals surface area (Å²) in [4.78, 5) is 10.8. The molecule has 0 spiro atoms. The topological polar surface area (TPSA) is 35.5 Å². The molecule has 18 heavy (non-hydrogen) atoms. The van der Waals surface area contributed by atoms with Crippen LogP contribution in [0.5, 0.6) is 11.5 Å². The van der Waals surface area contributed by atoms with Crippen LogP contribution >= 0.6 is 15.9 Å². The number of hydrogen-bond acceptors (Lipinski definition) is 3. The second-order valence-electron chi connectivity index (χ2n) is 4.21. The molecule has 0 fully saturated rings. The number of halogens is 1. The van der Waals surface area contributed by atoms with Crippen LogP contribution in [0.1, 0.15) is 37.6 Å². The largest absolute Gasteiger partial charge is 0.490 e. The van der Waals surface area contributed by atoms with Crippen LogP contribution in [0.3, 0.4) is 0 Å². The van der Waals surface area contributed by atoms with Crippen LogP contribution < -0.4 is 9.47 Å². The molecule has 1 aromatic rings. The number of carbonyl (C=O) groups is 1. The molecule has 0 heterocycles. The molecule has 0 aliphatic rings. The van der Waals surface area contributed by atoms with E-state index in [9.17, 15) is 4.79 Å². The van der Waals surface area contributed by atoms with E-state index in [0.29, 0.717) is 36.2 Å². The maximum atomic E-state index is 10.8. The normalized spacial score (nSPS) is 12.0. The summed E-state index contributed by atoms with van der Waals surface area (Å²) in [5.74, 6) is 1.76. The molecular formula is C14H19BrO3. The molecule has 0 bridgehead atoms. The Morgan fingerprint density at radius 2 is 2.06 bits per heavy atom. The Bertz CT molecular complexity index is 404. The summed E-state index contributed by atoms with van der Waals surface area (Å²) in [6, 6.07) is 3.44. The van der Waals surface area contributed by atoms with E-state index in [2.05, 4.69) is 29.8 Å². The van der Waals surface area contributed by atoms with Crippen molar-refractivity contribution in [2.75, 3.05) is 13.2 Å². The van der Waals surface area contributed by atoms with E-state index in [1.54, 1.807) is 12.1 Å². The average molecular weight is 315 g/mol. The van der Waals surface area contributed by atoms with Gasteiger partial charge in [-0.3, -0.25) is 4.79 Å². The standard InChI is InChI=1S/C14H19BrO3/c1-4-10(3)9-18-14-12(15)6-11(8-16)7-13(14)17-5-2/h6-8,10H,4-5,9H2,1-3H3. The lowest BCUT2D eigenvalue weighted by Crippen LogP contribution is -2.09. The molecule has 0 N–H and O–H groups in total. The molecule has 100 valence electrons. The molecule has 1 unspecified atom stereocenters. The maximum absolute atomic E-state index is 10.8. The van der Waals surface area contributed by atoms with Crippen LogP contribution in [-0.2, 0) is 0 Å². The summed E-state index contributed by atoms with van der Waals surface area (Å²) < 4.78 is 12.0. The minimum absolute atomic E-state index is 0.483. The summed E-state index contributed by atoms with van der Waals surface area (Å²) >= 11 is 3.42. The van der Waals surface area contributed by atoms with Crippen molar-refractivity contribution in [1.82, 2.24) is 0 Å². The van der Waals surface area contributed by atoms with E-state index >= 15 is 0 Å². The van der Waals surface area contributed by atoms with Gasteiger partial charge in [-0.05, 0) is 40.9 Å². The van der Waals surface area contributed by atoms with Crippen molar-refractivity contribution in [3.05, 3.63) is 22.2 Å². The first-order chi connectivity index (χ1) is 8.62. The third kappa shape index (κ3) is 4.02. The molecule has 1 atom stereocenters. The first kappa shape index (κ1) is 15.0. The van der Waals surface area contributed by atoms with Gasteiger partial charge < -0.3 is 9.47 Å². The molecule has 0 aliphatic carbocycles. The van der Waals surface area contributed by atoms with Crippen molar-refractivity contribution in [3.63, 3.8) is 0 Å². The molecule has 0 aliphatic heterocycles. The number of carbonyl (C=O) groups excluding carboxylic acids is 1. The predicted molar refractivity (Wildman–Crippen MR) is 75.6 cm³/mol. The average Bonchev–Trinajstić information content (AvgIpc) is 2.37. The van der Waals surface area contributed by atoms with Crippen molar-refractivity contribution < 1.29 is 14.3 Å². The van der Waals surface area contributed by atoms with Crippen LogP contribution in [0.4, 0.5) is 0 Å². The Balaban J connectivity index is 2.96. The molecule has 0 saturated heterocycles. The van der Waals surface area contributed by atoms with E-state index in [1.807, 2.05) is 6.92 Å². The van der Waals surface area contributed by atoms with Crippen molar-refractivity contribution in [1.29, 1.82) is 0 Å². The van der Waals surface area contributed by atoms with Gasteiger partial charge in [0, 0.05) is 5.56 Å². The van der Waals surface area contributed by atoms with Crippen molar-refractivity contribution in [2.45, 2.75) is 27.2 Å². The SMILES string of the molecule is CCOc1cc(C=O)cc(Br)c1OCC(C)CC. The van der Waals surface area contributed by atoms with Gasteiger partial charge in [-0.25, -0.2) is 0 Å². The highest BCUT2D eigenvalue weighted by atomic mass is 79.9. The fourth-order valence-corrected chi connectivity index (χ4v) is 1.98. The van der Waals surface area contributed by atoms with Gasteiger partial charge in [0.2, 0.25) is 0 Å². The second-order valence-corrected chi connectivity index (χ2v) is 5.06. The second kappa shape index (κ2) is 7.41. The lowest BCUT2D eigenvalue weighted by atomic mass is 10.1. The van der Waals surface area contributed by atoms with Crippen LogP contribution in [-0.4, -0.2) is 19.5 Å². The summed E-state index contributed by atoms with van der Waals surface area (Å²) in [5, 5.41) is 0. The minimum atomic E-state index is 0.483. The number of rotatable bonds is 7. The van der Waals surface area contributed by atoms with Gasteiger partial charge in [0.05, 0.1) is 17.7 Å². The van der Waals surface area contributed by atoms with E-state index < -0.39 is 0 Å². The molecule has 1 aromatic carbocycles. The summed E-state index contributed by atoms with van der Waals surface area (Å²) in [6.07, 6.45) is 1.86. The van der Waals surface area contributed by atoms with E-state index in [-0.39, 0.29) is 0 Å². The third-order valence-corrected chi connectivity index (χ3v) is 3.27. The first-order valence-corrected chi connectivity index (χ1v) is 6.95. The molecule has 0 saturated carbocycles. The van der Waals surface area contributed by atoms with E-state index in [0.717, 1.165) is 17.2 Å². The Hall–Kier alpha value is -1.03. The zero-order valence-corrected chi connectivity index (χ0v) is 12.6. The fraction of sp³-hybridized carbons (Fsp3) is 0.500. The van der Waals surface area contributed by atoms with E-state index in [1.165, 1.54) is 0 Å². The molecule has 0 aromatic heterocycles. The monoisotopic (exact) mass is 314 g/mol. The zero-order chi connectivity index (χ0) is 13.5. The Kier molecular flexibility index (Phi) is 6.19. The minimum Gasteiger partial charge on any atom is -0.490 e. The molecule has 1 rings (SSSR count). The van der Waals surface area contributed by atoms with Gasteiger partial charge in [-0.2, -0.15) is 0 Å². The number of benzene rings is 1. The number of aldehydes is 1. The lowest BCUT2D eigenvalue weighted by molar-refractivity contribution is 0.112. The van der Waals surface area contributed by atoms with Crippen molar-refractivity contribution in [3.8, 4) is 11.5 Å². The van der Waals surface area contributed by atoms with Crippen LogP contribution in [0.15, 0.2) is 16.6 Å². The molecular weight excluding hydrogens is 296 g/mol. The highest BCUT2D eigenvalue weighted by Gasteiger charge is 2.13. The number of ether oxygens (including phenoxy) is 2. The Labute approximate surface area is 117 Å². The molecule has 0 radical (unpaired) electrons. The summed E-state index contributed by atoms with van der Waals surface area (Å²) in [6.45, 7) is 7.33. The molecule has 3 nitrogen and oxygen atoms in total. The smallest absolute Gasteiger partial charge is 0.175 e. The number of hydrogen-bond donors (Lipinski definition) is 0. The fourth-order valence-electron chi connectivity index (χ4n) is 1.40. The first-order valence-electron chi connectivity index (χ1n) is 6.16. The highest BCUT2D eigenvalue weighted by Crippen LogP contribution is 2.36. The molecule has 4 heteroatoms. The van der Waals surface area contributed by atoms with Gasteiger partial charge in [0.25, 0.3) is 0 Å². The Morgan fingerprint density at radius 1 is 1.33 bits per heavy atom. The zero-order valence-electron chi connectivity index (χ0n) is 11.0. The van der Waals surface area contributed by atoms with Crippen molar-refractivity contribution >= 4 is 22.2 Å². The van der Waals surface area contributed by atoms with Gasteiger partial charge in [-0.15, -0.1) is 0 Å². The lowest BCUT2D eigenvalue weighted by Gasteiger charge is -2.16. The quantitative estimate of drug-likeness (QED) is 0.711. The predicted octanol–water partition coefficient (Wildman–Crippen LogP) is 4.09. The van der Waals surface area contributed by atoms with Gasteiger partial charge in [0.1, 0.15) is 6.29 Å². The summed E-state index contributed by atoms with van der Waals surface area (Å²) in [7, 11) is 0. The third-order valence-electron chi connectivity index (χ3n) is 2.68. The Morgan fingerprint density at radius 3 is 2.61 bits per heavy atom. The van der Waals surface area contributed by atoms with Crippen LogP contribution in [0, 0.1) is 5.92 Å². The van der Waals surface area contributed by atoms with Crippen molar-refractivity contribution in [2.24, 2.45) is 5.92 Å². The van der Waals surface area contributed by atoms with Crippen LogP contribution in [0.25, 0.3) is 0 Å². The summed E-state index contributed by atoms with van der Waals surface area (Å²) in [5.41, 5.74) is 0.571. The van der Waals surface area contributed by atoms with Crippen LogP contribution in [0.2, 0.25) is 0 Å². The highest BCUT2D eigenvalue weighted by molar-refractivity contribution is 9.10. The van der Waals surface area contributed by atoms with Gasteiger partial charge in [-0.1, -0.05) is 20.3 Å². The van der Waals surface area contributed by atoms with Gasteiger partial charge in [0.15, 0.2) is 11.5 Å². The van der Waals surface area contributed by atoms with Gasteiger partial charge >= 0.3 is 0 Å².